The summed E-state index contributed by atoms with van der Waals surface area (Å²) in [4.78, 5) is 25.3. The van der Waals surface area contributed by atoms with Gasteiger partial charge in [0.25, 0.3) is 5.91 Å². The van der Waals surface area contributed by atoms with E-state index >= 15 is 0 Å². The molecule has 0 saturated carbocycles. The minimum Gasteiger partial charge on any atom is -0.458 e. The zero-order chi connectivity index (χ0) is 17.2. The smallest absolute Gasteiger partial charge is 0.287 e. The number of carbonyl (C=O) groups excluding carboxylic acids is 1. The highest BCUT2D eigenvalue weighted by atomic mass is 32.1. The Hall–Kier alpha value is -3.12. The third-order valence-corrected chi connectivity index (χ3v) is 4.59. The maximum atomic E-state index is 12.3. The number of furan rings is 1. The van der Waals surface area contributed by atoms with Crippen LogP contribution in [0, 0.1) is 0 Å². The van der Waals surface area contributed by atoms with Crippen LogP contribution in [0.25, 0.3) is 21.6 Å². The first-order valence-electron chi connectivity index (χ1n) is 7.64. The summed E-state index contributed by atoms with van der Waals surface area (Å²) in [7, 11) is 0. The average Bonchev–Trinajstić information content (AvgIpc) is 3.31. The van der Waals surface area contributed by atoms with Crippen LogP contribution >= 0.6 is 11.3 Å². The van der Waals surface area contributed by atoms with Crippen LogP contribution in [-0.2, 0) is 6.54 Å². The second kappa shape index (κ2) is 6.41. The predicted molar refractivity (Wildman–Crippen MR) is 95.7 cm³/mol. The van der Waals surface area contributed by atoms with Crippen molar-refractivity contribution in [2.45, 2.75) is 6.54 Å². The predicted octanol–water partition coefficient (Wildman–Crippen LogP) is 4.04. The second-order valence-corrected chi connectivity index (χ2v) is 6.34. The minimum atomic E-state index is -0.461. The van der Waals surface area contributed by atoms with Gasteiger partial charge >= 0.3 is 0 Å². The van der Waals surface area contributed by atoms with Gasteiger partial charge in [-0.1, -0.05) is 18.2 Å². The van der Waals surface area contributed by atoms with E-state index < -0.39 is 5.91 Å². The molecule has 4 aromatic rings. The average molecular weight is 351 g/mol. The molecular weight excluding hydrogens is 338 g/mol. The van der Waals surface area contributed by atoms with E-state index in [0.29, 0.717) is 16.7 Å². The zero-order valence-electron chi connectivity index (χ0n) is 13.0. The van der Waals surface area contributed by atoms with Crippen molar-refractivity contribution in [1.82, 2.24) is 5.32 Å². The molecule has 0 bridgehead atoms. The van der Waals surface area contributed by atoms with Gasteiger partial charge in [0, 0.05) is 6.07 Å². The molecule has 4 rings (SSSR count). The van der Waals surface area contributed by atoms with Gasteiger partial charge in [-0.25, -0.2) is 0 Å². The Morgan fingerprint density at radius 3 is 2.76 bits per heavy atom. The van der Waals surface area contributed by atoms with Crippen molar-refractivity contribution in [2.24, 2.45) is 0 Å². The summed E-state index contributed by atoms with van der Waals surface area (Å²) in [5, 5.41) is 5.13. The van der Waals surface area contributed by atoms with Gasteiger partial charge in [-0.2, -0.15) is 0 Å². The highest BCUT2D eigenvalue weighted by Crippen LogP contribution is 2.26. The molecule has 3 aromatic heterocycles. The molecule has 0 fully saturated rings. The lowest BCUT2D eigenvalue weighted by Crippen LogP contribution is -2.23. The maximum Gasteiger partial charge on any atom is 0.287 e. The highest BCUT2D eigenvalue weighted by molar-refractivity contribution is 7.13. The molecule has 0 aliphatic carbocycles. The number of thiophene rings is 1. The van der Waals surface area contributed by atoms with Crippen molar-refractivity contribution in [3.8, 4) is 10.6 Å². The van der Waals surface area contributed by atoms with E-state index in [1.807, 2.05) is 29.6 Å². The fourth-order valence-corrected chi connectivity index (χ4v) is 3.18. The highest BCUT2D eigenvalue weighted by Gasteiger charge is 2.13. The number of amides is 1. The van der Waals surface area contributed by atoms with Crippen LogP contribution in [0.15, 0.2) is 73.6 Å². The molecule has 0 spiro atoms. The van der Waals surface area contributed by atoms with Crippen molar-refractivity contribution in [1.29, 1.82) is 0 Å². The van der Waals surface area contributed by atoms with E-state index in [9.17, 15) is 9.59 Å². The molecule has 3 heterocycles. The molecule has 1 aromatic carbocycles. The van der Waals surface area contributed by atoms with Gasteiger partial charge in [0.05, 0.1) is 16.8 Å². The van der Waals surface area contributed by atoms with Crippen molar-refractivity contribution < 1.29 is 13.6 Å². The first-order chi connectivity index (χ1) is 12.2. The van der Waals surface area contributed by atoms with Crippen LogP contribution in [0.2, 0.25) is 0 Å². The van der Waals surface area contributed by atoms with Crippen LogP contribution in [-0.4, -0.2) is 5.91 Å². The lowest BCUT2D eigenvalue weighted by atomic mass is 10.2. The minimum absolute atomic E-state index is 0.0197. The summed E-state index contributed by atoms with van der Waals surface area (Å²) >= 11 is 1.58. The standard InChI is InChI=1S/C19H13NO4S/c21-14-10-17(24-15-5-2-1-4-13(14)15)19(22)20-11-12-7-8-16(23-12)18-6-3-9-25-18/h1-10H,11H2,(H,20,22). The Balaban J connectivity index is 1.50. The number of rotatable bonds is 4. The lowest BCUT2D eigenvalue weighted by Gasteiger charge is -2.04. The fourth-order valence-electron chi connectivity index (χ4n) is 2.49. The van der Waals surface area contributed by atoms with Crippen molar-refractivity contribution in [3.05, 3.63) is 81.7 Å². The van der Waals surface area contributed by atoms with Crippen LogP contribution < -0.4 is 10.7 Å². The molecule has 0 radical (unpaired) electrons. The normalized spacial score (nSPS) is 10.9. The van der Waals surface area contributed by atoms with E-state index in [-0.39, 0.29) is 17.7 Å². The van der Waals surface area contributed by atoms with Gasteiger partial charge in [0.15, 0.2) is 11.2 Å². The fraction of sp³-hybridized carbons (Fsp3) is 0.0526. The summed E-state index contributed by atoms with van der Waals surface area (Å²) in [6.45, 7) is 0.209. The maximum absolute atomic E-state index is 12.3. The molecule has 0 saturated heterocycles. The number of carbonyl (C=O) groups is 1. The van der Waals surface area contributed by atoms with E-state index in [4.69, 9.17) is 8.83 Å². The quantitative estimate of drug-likeness (QED) is 0.602. The molecule has 0 aliphatic heterocycles. The van der Waals surface area contributed by atoms with E-state index in [1.54, 1.807) is 35.6 Å². The third kappa shape index (κ3) is 3.12. The van der Waals surface area contributed by atoms with Crippen LogP contribution in [0.1, 0.15) is 16.3 Å². The molecule has 25 heavy (non-hydrogen) atoms. The van der Waals surface area contributed by atoms with Crippen LogP contribution in [0.5, 0.6) is 0 Å². The Kier molecular flexibility index (Phi) is 3.95. The van der Waals surface area contributed by atoms with Crippen molar-refractivity contribution in [3.63, 3.8) is 0 Å². The molecule has 0 aliphatic rings. The number of para-hydroxylation sites is 1. The van der Waals surface area contributed by atoms with Gasteiger partial charge < -0.3 is 14.2 Å². The zero-order valence-corrected chi connectivity index (χ0v) is 13.8. The number of hydrogen-bond acceptors (Lipinski definition) is 5. The monoisotopic (exact) mass is 351 g/mol. The summed E-state index contributed by atoms with van der Waals surface area (Å²) in [6, 6.07) is 15.6. The lowest BCUT2D eigenvalue weighted by molar-refractivity contribution is 0.0921. The molecule has 124 valence electrons. The number of benzene rings is 1. The Bertz CT molecular complexity index is 1090. The first kappa shape index (κ1) is 15.4. The Labute approximate surface area is 146 Å². The number of fused-ring (bicyclic) bond motifs is 1. The van der Waals surface area contributed by atoms with Crippen molar-refractivity contribution in [2.75, 3.05) is 0 Å². The van der Waals surface area contributed by atoms with Gasteiger partial charge in [0.2, 0.25) is 0 Å². The first-order valence-corrected chi connectivity index (χ1v) is 8.52. The molecule has 6 heteroatoms. The van der Waals surface area contributed by atoms with Crippen molar-refractivity contribution >= 4 is 28.2 Å². The topological polar surface area (TPSA) is 72.5 Å². The number of nitrogens with one attached hydrogen (secondary N) is 1. The van der Waals surface area contributed by atoms with Crippen LogP contribution in [0.3, 0.4) is 0 Å². The van der Waals surface area contributed by atoms with Gasteiger partial charge in [-0.05, 0) is 35.7 Å². The molecule has 1 N–H and O–H groups in total. The molecule has 5 nitrogen and oxygen atoms in total. The number of hydrogen-bond donors (Lipinski definition) is 1. The summed E-state index contributed by atoms with van der Waals surface area (Å²) in [5.41, 5.74) is 0.142. The summed E-state index contributed by atoms with van der Waals surface area (Å²) in [5.74, 6) is 0.905. The molecule has 0 atom stereocenters. The Morgan fingerprint density at radius 2 is 1.92 bits per heavy atom. The second-order valence-electron chi connectivity index (χ2n) is 5.40. The molecule has 1 amide bonds. The van der Waals surface area contributed by atoms with Gasteiger partial charge in [-0.15, -0.1) is 11.3 Å². The molecule has 0 unspecified atom stereocenters. The Morgan fingerprint density at radius 1 is 1.04 bits per heavy atom. The van der Waals surface area contributed by atoms with Gasteiger partial charge in [-0.3, -0.25) is 9.59 Å². The van der Waals surface area contributed by atoms with E-state index in [1.165, 1.54) is 6.07 Å². The summed E-state index contributed by atoms with van der Waals surface area (Å²) in [6.07, 6.45) is 0. The van der Waals surface area contributed by atoms with E-state index in [2.05, 4.69) is 5.32 Å². The molecular formula is C19H13NO4S. The summed E-state index contributed by atoms with van der Waals surface area (Å²) < 4.78 is 11.2. The van der Waals surface area contributed by atoms with Gasteiger partial charge in [0.1, 0.15) is 17.1 Å². The van der Waals surface area contributed by atoms with E-state index in [0.717, 1.165) is 10.6 Å². The largest absolute Gasteiger partial charge is 0.458 e. The SMILES string of the molecule is O=C(NCc1ccc(-c2cccs2)o1)c1cc(=O)c2ccccc2o1. The third-order valence-electron chi connectivity index (χ3n) is 3.71. The van der Waals surface area contributed by atoms with Crippen LogP contribution in [0.4, 0.5) is 0 Å².